The summed E-state index contributed by atoms with van der Waals surface area (Å²) in [4.78, 5) is 14.6. The number of hydrogen-bond acceptors (Lipinski definition) is 3. The molecule has 2 heterocycles. The normalized spacial score (nSPS) is 22.8. The van der Waals surface area contributed by atoms with Crippen LogP contribution in [0.2, 0.25) is 5.02 Å². The molecule has 2 fully saturated rings. The molecule has 2 atom stereocenters. The van der Waals surface area contributed by atoms with E-state index < -0.39 is 17.2 Å². The van der Waals surface area contributed by atoms with Gasteiger partial charge in [-0.05, 0) is 37.3 Å². The molecular weight excluding hydrogens is 324 g/mol. The third-order valence-corrected chi connectivity index (χ3v) is 5.11. The van der Waals surface area contributed by atoms with Crippen molar-refractivity contribution in [2.75, 3.05) is 11.4 Å². The van der Waals surface area contributed by atoms with Gasteiger partial charge < -0.3 is 4.90 Å². The summed E-state index contributed by atoms with van der Waals surface area (Å²) in [5, 5.41) is 4.07. The molecule has 0 radical (unpaired) electrons. The summed E-state index contributed by atoms with van der Waals surface area (Å²) in [7, 11) is 0. The van der Waals surface area contributed by atoms with E-state index in [0.717, 1.165) is 30.1 Å². The van der Waals surface area contributed by atoms with E-state index in [0.29, 0.717) is 23.7 Å². The lowest BCUT2D eigenvalue weighted by atomic mass is 10.1. The minimum absolute atomic E-state index is 0.0243. The Balaban J connectivity index is 1.77. The summed E-state index contributed by atoms with van der Waals surface area (Å²) in [5.74, 6) is -0.924. The highest BCUT2D eigenvalue weighted by atomic mass is 35.5. The standard InChI is InChI=1S/C16H14ClF2N3O/c17-15-14(21-8-9-1-3-11(21)5-9)7-20-22(16(15)23)13-4-2-10(18)6-12(13)19/h2,4,6-7,9,11H,1,3,5,8H2. The van der Waals surface area contributed by atoms with Crippen LogP contribution in [-0.4, -0.2) is 22.4 Å². The Labute approximate surface area is 136 Å². The summed E-state index contributed by atoms with van der Waals surface area (Å²) in [6.07, 6.45) is 4.92. The van der Waals surface area contributed by atoms with Crippen molar-refractivity contribution in [3.63, 3.8) is 0 Å². The average Bonchev–Trinajstić information content (AvgIpc) is 3.14. The van der Waals surface area contributed by atoms with Crippen molar-refractivity contribution >= 4 is 17.3 Å². The van der Waals surface area contributed by atoms with E-state index in [1.54, 1.807) is 0 Å². The number of piperidine rings is 1. The van der Waals surface area contributed by atoms with E-state index in [-0.39, 0.29) is 10.7 Å². The number of benzene rings is 1. The van der Waals surface area contributed by atoms with Crippen LogP contribution >= 0.6 is 11.6 Å². The molecule has 0 amide bonds. The first-order chi connectivity index (χ1) is 11.0. The highest BCUT2D eigenvalue weighted by molar-refractivity contribution is 6.33. The maximum atomic E-state index is 13.9. The maximum Gasteiger partial charge on any atom is 0.292 e. The van der Waals surface area contributed by atoms with E-state index in [4.69, 9.17) is 11.6 Å². The number of fused-ring (bicyclic) bond motifs is 2. The highest BCUT2D eigenvalue weighted by Gasteiger charge is 2.39. The summed E-state index contributed by atoms with van der Waals surface area (Å²) in [6, 6.07) is 3.36. The molecule has 2 bridgehead atoms. The van der Waals surface area contributed by atoms with Crippen LogP contribution in [0.4, 0.5) is 14.5 Å². The molecule has 1 aliphatic heterocycles. The first-order valence-electron chi connectivity index (χ1n) is 7.54. The lowest BCUT2D eigenvalue weighted by Crippen LogP contribution is -2.34. The zero-order valence-electron chi connectivity index (χ0n) is 12.2. The first-order valence-corrected chi connectivity index (χ1v) is 7.92. The first kappa shape index (κ1) is 14.6. The van der Waals surface area contributed by atoms with Gasteiger partial charge in [-0.1, -0.05) is 11.6 Å². The molecule has 2 aliphatic rings. The van der Waals surface area contributed by atoms with Gasteiger partial charge in [-0.15, -0.1) is 0 Å². The molecule has 4 nitrogen and oxygen atoms in total. The number of hydrogen-bond donors (Lipinski definition) is 0. The van der Waals surface area contributed by atoms with Crippen molar-refractivity contribution in [1.29, 1.82) is 0 Å². The lowest BCUT2D eigenvalue weighted by molar-refractivity contribution is 0.551. The molecule has 2 aromatic rings. The predicted molar refractivity (Wildman–Crippen MR) is 83.2 cm³/mol. The Morgan fingerprint density at radius 1 is 1.22 bits per heavy atom. The Morgan fingerprint density at radius 2 is 2.04 bits per heavy atom. The summed E-state index contributed by atoms with van der Waals surface area (Å²) in [6.45, 7) is 0.875. The topological polar surface area (TPSA) is 38.1 Å². The molecular formula is C16H14ClF2N3O. The maximum absolute atomic E-state index is 13.9. The SMILES string of the molecule is O=c1c(Cl)c(N2CC3CCC2C3)cnn1-c1ccc(F)cc1F. The fourth-order valence-electron chi connectivity index (χ4n) is 3.67. The smallest absolute Gasteiger partial charge is 0.292 e. The lowest BCUT2D eigenvalue weighted by Gasteiger charge is -2.29. The van der Waals surface area contributed by atoms with Crippen molar-refractivity contribution in [2.45, 2.75) is 25.3 Å². The molecule has 23 heavy (non-hydrogen) atoms. The van der Waals surface area contributed by atoms with Crippen molar-refractivity contribution in [3.05, 3.63) is 51.4 Å². The predicted octanol–water partition coefficient (Wildman–Crippen LogP) is 3.15. The van der Waals surface area contributed by atoms with Crippen LogP contribution in [0.3, 0.4) is 0 Å². The van der Waals surface area contributed by atoms with Gasteiger partial charge in [0, 0.05) is 18.7 Å². The van der Waals surface area contributed by atoms with Gasteiger partial charge >= 0.3 is 0 Å². The quantitative estimate of drug-likeness (QED) is 0.845. The Kier molecular flexibility index (Phi) is 3.37. The Hall–Kier alpha value is -1.95. The Morgan fingerprint density at radius 3 is 2.70 bits per heavy atom. The van der Waals surface area contributed by atoms with E-state index in [1.165, 1.54) is 18.7 Å². The molecule has 0 spiro atoms. The number of halogens is 3. The largest absolute Gasteiger partial charge is 0.366 e. The number of rotatable bonds is 2. The molecule has 120 valence electrons. The molecule has 1 aliphatic carbocycles. The minimum atomic E-state index is -0.858. The monoisotopic (exact) mass is 337 g/mol. The van der Waals surface area contributed by atoms with Gasteiger partial charge in [-0.3, -0.25) is 4.79 Å². The second-order valence-electron chi connectivity index (χ2n) is 6.14. The van der Waals surface area contributed by atoms with Crippen LogP contribution in [0, 0.1) is 17.6 Å². The van der Waals surface area contributed by atoms with Crippen LogP contribution in [0.5, 0.6) is 0 Å². The third kappa shape index (κ3) is 2.32. The minimum Gasteiger partial charge on any atom is -0.366 e. The van der Waals surface area contributed by atoms with Gasteiger partial charge in [0.05, 0.1) is 11.9 Å². The molecule has 2 unspecified atom stereocenters. The van der Waals surface area contributed by atoms with E-state index in [1.807, 2.05) is 0 Å². The third-order valence-electron chi connectivity index (χ3n) is 4.76. The molecule has 1 aromatic heterocycles. The van der Waals surface area contributed by atoms with Crippen LogP contribution in [0.1, 0.15) is 19.3 Å². The van der Waals surface area contributed by atoms with Crippen LogP contribution in [0.15, 0.2) is 29.2 Å². The van der Waals surface area contributed by atoms with Gasteiger partial charge in [0.2, 0.25) is 0 Å². The summed E-state index contributed by atoms with van der Waals surface area (Å²) >= 11 is 6.24. The van der Waals surface area contributed by atoms with Crippen molar-refractivity contribution in [3.8, 4) is 5.69 Å². The molecule has 7 heteroatoms. The summed E-state index contributed by atoms with van der Waals surface area (Å²) < 4.78 is 27.8. The van der Waals surface area contributed by atoms with Gasteiger partial charge in [0.1, 0.15) is 16.5 Å². The van der Waals surface area contributed by atoms with Crippen molar-refractivity contribution < 1.29 is 8.78 Å². The van der Waals surface area contributed by atoms with Crippen molar-refractivity contribution in [1.82, 2.24) is 9.78 Å². The second kappa shape index (κ2) is 5.30. The summed E-state index contributed by atoms with van der Waals surface area (Å²) in [5.41, 5.74) is -0.118. The van der Waals surface area contributed by atoms with Gasteiger partial charge in [-0.2, -0.15) is 9.78 Å². The number of aromatic nitrogens is 2. The average molecular weight is 338 g/mol. The van der Waals surface area contributed by atoms with Crippen LogP contribution in [0.25, 0.3) is 5.69 Å². The zero-order chi connectivity index (χ0) is 16.1. The zero-order valence-corrected chi connectivity index (χ0v) is 12.9. The van der Waals surface area contributed by atoms with Crippen LogP contribution < -0.4 is 10.5 Å². The van der Waals surface area contributed by atoms with E-state index >= 15 is 0 Å². The van der Waals surface area contributed by atoms with E-state index in [9.17, 15) is 13.6 Å². The second-order valence-corrected chi connectivity index (χ2v) is 6.52. The Bertz CT molecular complexity index is 839. The fourth-order valence-corrected chi connectivity index (χ4v) is 3.91. The molecule has 1 saturated heterocycles. The number of nitrogens with zero attached hydrogens (tertiary/aromatic N) is 3. The highest BCUT2D eigenvalue weighted by Crippen LogP contribution is 2.41. The fraction of sp³-hybridized carbons (Fsp3) is 0.375. The molecule has 1 saturated carbocycles. The molecule has 4 rings (SSSR count). The van der Waals surface area contributed by atoms with Crippen LogP contribution in [-0.2, 0) is 0 Å². The van der Waals surface area contributed by atoms with Gasteiger partial charge in [-0.25, -0.2) is 8.78 Å². The van der Waals surface area contributed by atoms with Gasteiger partial charge in [0.25, 0.3) is 5.56 Å². The number of anilines is 1. The van der Waals surface area contributed by atoms with Gasteiger partial charge in [0.15, 0.2) is 5.82 Å². The van der Waals surface area contributed by atoms with E-state index in [2.05, 4.69) is 10.00 Å². The molecule has 1 aromatic carbocycles. The molecule has 0 N–H and O–H groups in total. The van der Waals surface area contributed by atoms with Crippen molar-refractivity contribution in [2.24, 2.45) is 5.92 Å².